The maximum atomic E-state index is 12.7. The monoisotopic (exact) mass is 304 g/mol. The Morgan fingerprint density at radius 1 is 0.909 bits per heavy atom. The van der Waals surface area contributed by atoms with Crippen molar-refractivity contribution in [3.05, 3.63) is 59.9 Å². The minimum absolute atomic E-state index is 0.301. The van der Waals surface area contributed by atoms with Gasteiger partial charge in [-0.25, -0.2) is 9.18 Å². The summed E-state index contributed by atoms with van der Waals surface area (Å²) in [6, 6.07) is 12.5. The van der Waals surface area contributed by atoms with Crippen LogP contribution in [0.15, 0.2) is 48.5 Å². The average Bonchev–Trinajstić information content (AvgIpc) is 2.54. The molecule has 0 aliphatic heterocycles. The Hall–Kier alpha value is -2.56. The van der Waals surface area contributed by atoms with Gasteiger partial charge in [0.25, 0.3) is 0 Å². The number of hydrogen-bond acceptors (Lipinski definition) is 4. The van der Waals surface area contributed by atoms with Crippen molar-refractivity contribution in [2.24, 2.45) is 0 Å². The second-order valence-electron chi connectivity index (χ2n) is 4.40. The SMILES string of the molecule is CCOC(=O)c1ccc(OCCOc2ccc(F)cc2)cc1. The molecular formula is C17H17FO4. The van der Waals surface area contributed by atoms with E-state index in [2.05, 4.69) is 0 Å². The molecule has 2 rings (SSSR count). The predicted octanol–water partition coefficient (Wildman–Crippen LogP) is 3.46. The fraction of sp³-hybridized carbons (Fsp3) is 0.235. The second-order valence-corrected chi connectivity index (χ2v) is 4.40. The first-order valence-corrected chi connectivity index (χ1v) is 6.97. The Balaban J connectivity index is 1.75. The molecule has 5 heteroatoms. The summed E-state index contributed by atoms with van der Waals surface area (Å²) in [6.45, 7) is 2.79. The lowest BCUT2D eigenvalue weighted by Gasteiger charge is -2.09. The molecule has 2 aromatic carbocycles. The summed E-state index contributed by atoms with van der Waals surface area (Å²) in [7, 11) is 0. The summed E-state index contributed by atoms with van der Waals surface area (Å²) in [4.78, 5) is 11.5. The van der Waals surface area contributed by atoms with Crippen molar-refractivity contribution >= 4 is 5.97 Å². The topological polar surface area (TPSA) is 44.8 Å². The number of carbonyl (C=O) groups is 1. The van der Waals surface area contributed by atoms with Gasteiger partial charge in [-0.05, 0) is 55.5 Å². The minimum Gasteiger partial charge on any atom is -0.490 e. The molecule has 0 bridgehead atoms. The third-order valence-electron chi connectivity index (χ3n) is 2.80. The summed E-state index contributed by atoms with van der Waals surface area (Å²) >= 11 is 0. The third-order valence-corrected chi connectivity index (χ3v) is 2.80. The fourth-order valence-electron chi connectivity index (χ4n) is 1.75. The molecule has 0 fully saturated rings. The van der Waals surface area contributed by atoms with Gasteiger partial charge in [-0.2, -0.15) is 0 Å². The molecule has 22 heavy (non-hydrogen) atoms. The van der Waals surface area contributed by atoms with Gasteiger partial charge in [-0.3, -0.25) is 0 Å². The second kappa shape index (κ2) is 8.02. The van der Waals surface area contributed by atoms with Gasteiger partial charge in [0, 0.05) is 0 Å². The van der Waals surface area contributed by atoms with Crippen LogP contribution in [0.25, 0.3) is 0 Å². The first-order valence-electron chi connectivity index (χ1n) is 6.97. The van der Waals surface area contributed by atoms with E-state index in [1.807, 2.05) is 0 Å². The molecule has 0 aromatic heterocycles. The maximum absolute atomic E-state index is 12.7. The number of benzene rings is 2. The van der Waals surface area contributed by atoms with Crippen molar-refractivity contribution in [2.45, 2.75) is 6.92 Å². The van der Waals surface area contributed by atoms with E-state index in [1.165, 1.54) is 12.1 Å². The largest absolute Gasteiger partial charge is 0.490 e. The van der Waals surface area contributed by atoms with E-state index in [-0.39, 0.29) is 11.8 Å². The molecule has 0 saturated heterocycles. The lowest BCUT2D eigenvalue weighted by Crippen LogP contribution is -2.09. The number of rotatable bonds is 7. The van der Waals surface area contributed by atoms with Gasteiger partial charge >= 0.3 is 5.97 Å². The van der Waals surface area contributed by atoms with E-state index < -0.39 is 0 Å². The Morgan fingerprint density at radius 2 is 1.41 bits per heavy atom. The molecule has 116 valence electrons. The Labute approximate surface area is 128 Å². The van der Waals surface area contributed by atoms with Crippen molar-refractivity contribution < 1.29 is 23.4 Å². The zero-order valence-electron chi connectivity index (χ0n) is 12.3. The van der Waals surface area contributed by atoms with Gasteiger partial charge in [0.15, 0.2) is 0 Å². The number of ether oxygens (including phenoxy) is 3. The minimum atomic E-state index is -0.353. The molecule has 2 aromatic rings. The Kier molecular flexibility index (Phi) is 5.77. The number of carbonyl (C=O) groups excluding carboxylic acids is 1. The zero-order valence-corrected chi connectivity index (χ0v) is 12.3. The van der Waals surface area contributed by atoms with E-state index in [4.69, 9.17) is 14.2 Å². The molecular weight excluding hydrogens is 287 g/mol. The van der Waals surface area contributed by atoms with Gasteiger partial charge in [0.2, 0.25) is 0 Å². The lowest BCUT2D eigenvalue weighted by molar-refractivity contribution is 0.0526. The highest BCUT2D eigenvalue weighted by atomic mass is 19.1. The number of halogens is 1. The fourth-order valence-corrected chi connectivity index (χ4v) is 1.75. The lowest BCUT2D eigenvalue weighted by atomic mass is 10.2. The third kappa shape index (κ3) is 4.77. The molecule has 0 saturated carbocycles. The summed E-state index contributed by atoms with van der Waals surface area (Å²) < 4.78 is 28.5. The van der Waals surface area contributed by atoms with Crippen LogP contribution in [0.5, 0.6) is 11.5 Å². The van der Waals surface area contributed by atoms with E-state index in [0.717, 1.165) is 0 Å². The summed E-state index contributed by atoms with van der Waals surface area (Å²) in [5.41, 5.74) is 0.483. The summed E-state index contributed by atoms with van der Waals surface area (Å²) in [6.07, 6.45) is 0. The molecule has 0 aliphatic carbocycles. The van der Waals surface area contributed by atoms with Crippen LogP contribution in [0.2, 0.25) is 0 Å². The standard InChI is InChI=1S/C17H17FO4/c1-2-20-17(19)13-3-7-15(8-4-13)21-11-12-22-16-9-5-14(18)6-10-16/h3-10H,2,11-12H2,1H3. The smallest absolute Gasteiger partial charge is 0.338 e. The van der Waals surface area contributed by atoms with Crippen molar-refractivity contribution in [3.8, 4) is 11.5 Å². The highest BCUT2D eigenvalue weighted by Gasteiger charge is 2.05. The molecule has 0 spiro atoms. The van der Waals surface area contributed by atoms with E-state index >= 15 is 0 Å². The predicted molar refractivity (Wildman–Crippen MR) is 79.8 cm³/mol. The molecule has 0 N–H and O–H groups in total. The average molecular weight is 304 g/mol. The quantitative estimate of drug-likeness (QED) is 0.580. The summed E-state index contributed by atoms with van der Waals surface area (Å²) in [5, 5.41) is 0. The van der Waals surface area contributed by atoms with Crippen LogP contribution < -0.4 is 9.47 Å². The van der Waals surface area contributed by atoms with Gasteiger partial charge < -0.3 is 14.2 Å². The highest BCUT2D eigenvalue weighted by molar-refractivity contribution is 5.89. The van der Waals surface area contributed by atoms with Gasteiger partial charge in [-0.15, -0.1) is 0 Å². The molecule has 0 atom stereocenters. The number of hydrogen-bond donors (Lipinski definition) is 0. The zero-order chi connectivity index (χ0) is 15.8. The molecule has 4 nitrogen and oxygen atoms in total. The molecule has 0 unspecified atom stereocenters. The van der Waals surface area contributed by atoms with Crippen LogP contribution >= 0.6 is 0 Å². The van der Waals surface area contributed by atoms with Crippen LogP contribution in [0.3, 0.4) is 0 Å². The van der Waals surface area contributed by atoms with Crippen molar-refractivity contribution in [1.82, 2.24) is 0 Å². The van der Waals surface area contributed by atoms with Crippen LogP contribution in [-0.2, 0) is 4.74 Å². The number of esters is 1. The van der Waals surface area contributed by atoms with Crippen molar-refractivity contribution in [1.29, 1.82) is 0 Å². The van der Waals surface area contributed by atoms with E-state index in [1.54, 1.807) is 43.3 Å². The van der Waals surface area contributed by atoms with E-state index in [9.17, 15) is 9.18 Å². The molecule has 0 aliphatic rings. The van der Waals surface area contributed by atoms with Crippen molar-refractivity contribution in [3.63, 3.8) is 0 Å². The Morgan fingerprint density at radius 3 is 1.91 bits per heavy atom. The molecule has 0 heterocycles. The first-order chi connectivity index (χ1) is 10.7. The normalized spacial score (nSPS) is 10.1. The molecule has 0 amide bonds. The van der Waals surface area contributed by atoms with Gasteiger partial charge in [-0.1, -0.05) is 0 Å². The maximum Gasteiger partial charge on any atom is 0.338 e. The van der Waals surface area contributed by atoms with Crippen molar-refractivity contribution in [2.75, 3.05) is 19.8 Å². The highest BCUT2D eigenvalue weighted by Crippen LogP contribution is 2.14. The first kappa shape index (κ1) is 15.8. The summed E-state index contributed by atoms with van der Waals surface area (Å²) in [5.74, 6) is 0.567. The Bertz CT molecular complexity index is 593. The van der Waals surface area contributed by atoms with Gasteiger partial charge in [0.1, 0.15) is 30.5 Å². The van der Waals surface area contributed by atoms with Crippen LogP contribution in [0.1, 0.15) is 17.3 Å². The van der Waals surface area contributed by atoms with E-state index in [0.29, 0.717) is 36.9 Å². The molecule has 0 radical (unpaired) electrons. The van der Waals surface area contributed by atoms with Crippen LogP contribution in [-0.4, -0.2) is 25.8 Å². The van der Waals surface area contributed by atoms with Gasteiger partial charge in [0.05, 0.1) is 12.2 Å². The van der Waals surface area contributed by atoms with Crippen LogP contribution in [0.4, 0.5) is 4.39 Å². The van der Waals surface area contributed by atoms with Crippen LogP contribution in [0, 0.1) is 5.82 Å².